The van der Waals surface area contributed by atoms with E-state index in [1.165, 1.54) is 23.3 Å². The second kappa shape index (κ2) is 11.5. The zero-order valence-electron chi connectivity index (χ0n) is 23.2. The van der Waals surface area contributed by atoms with Crippen LogP contribution in [-0.4, -0.2) is 23.9 Å². The summed E-state index contributed by atoms with van der Waals surface area (Å²) in [5.74, 6) is -1.08. The minimum atomic E-state index is -0.975. The number of carboxylic acids is 1. The fourth-order valence-electron chi connectivity index (χ4n) is 4.65. The number of hydrogen-bond acceptors (Lipinski definition) is 3. The lowest BCUT2D eigenvalue weighted by molar-refractivity contribution is 0.0696. The number of allylic oxidation sites excluding steroid dienone is 1. The molecule has 0 saturated heterocycles. The lowest BCUT2D eigenvalue weighted by atomic mass is 9.81. The summed E-state index contributed by atoms with van der Waals surface area (Å²) >= 11 is 0. The Morgan fingerprint density at radius 2 is 1.49 bits per heavy atom. The maximum atomic E-state index is 13.5. The van der Waals surface area contributed by atoms with Gasteiger partial charge < -0.3 is 10.0 Å². The van der Waals surface area contributed by atoms with Crippen molar-refractivity contribution in [1.82, 2.24) is 0 Å². The molecule has 0 aliphatic rings. The van der Waals surface area contributed by atoms with Crippen molar-refractivity contribution in [3.05, 3.63) is 130 Å². The van der Waals surface area contributed by atoms with Crippen molar-refractivity contribution in [2.24, 2.45) is 0 Å². The predicted octanol–water partition coefficient (Wildman–Crippen LogP) is 8.19. The van der Waals surface area contributed by atoms with Crippen LogP contribution in [0.15, 0.2) is 97.1 Å². The van der Waals surface area contributed by atoms with Crippen LogP contribution in [0.5, 0.6) is 0 Å². The Morgan fingerprint density at radius 3 is 2.08 bits per heavy atom. The Balaban J connectivity index is 1.81. The summed E-state index contributed by atoms with van der Waals surface area (Å²) in [4.78, 5) is 26.9. The maximum Gasteiger partial charge on any atom is 0.335 e. The van der Waals surface area contributed by atoms with Crippen molar-refractivity contribution in [1.29, 1.82) is 0 Å². The third-order valence-electron chi connectivity index (χ3n) is 6.79. The first kappa shape index (κ1) is 27.6. The van der Waals surface area contributed by atoms with Gasteiger partial charge in [0.05, 0.1) is 5.56 Å². The van der Waals surface area contributed by atoms with Crippen LogP contribution < -0.4 is 4.90 Å². The lowest BCUT2D eigenvalue weighted by Gasteiger charge is -2.32. The van der Waals surface area contributed by atoms with Gasteiger partial charge >= 0.3 is 5.97 Å². The van der Waals surface area contributed by atoms with Gasteiger partial charge in [0.1, 0.15) is 0 Å². The van der Waals surface area contributed by atoms with Gasteiger partial charge in [-0.2, -0.15) is 0 Å². The van der Waals surface area contributed by atoms with Crippen molar-refractivity contribution in [2.45, 2.75) is 39.7 Å². The first-order valence-corrected chi connectivity index (χ1v) is 13.1. The molecule has 0 atom stereocenters. The largest absolute Gasteiger partial charge is 0.478 e. The van der Waals surface area contributed by atoms with E-state index in [4.69, 9.17) is 5.11 Å². The molecule has 0 fully saturated rings. The summed E-state index contributed by atoms with van der Waals surface area (Å²) in [7, 11) is 2.11. The fourth-order valence-corrected chi connectivity index (χ4v) is 4.65. The van der Waals surface area contributed by atoms with Gasteiger partial charge in [-0.05, 0) is 64.9 Å². The Morgan fingerprint density at radius 1 is 0.846 bits per heavy atom. The number of carboxylic acid groups (broad SMARTS) is 1. The topological polar surface area (TPSA) is 57.6 Å². The average Bonchev–Trinajstić information content (AvgIpc) is 2.91. The molecular formula is C35H35NO3. The van der Waals surface area contributed by atoms with Crippen LogP contribution in [0.25, 0.3) is 17.2 Å². The second-order valence-electron chi connectivity index (χ2n) is 11.0. The highest BCUT2D eigenvalue weighted by Crippen LogP contribution is 2.41. The Labute approximate surface area is 231 Å². The van der Waals surface area contributed by atoms with Gasteiger partial charge in [0, 0.05) is 30.4 Å². The van der Waals surface area contributed by atoms with E-state index in [-0.39, 0.29) is 16.8 Å². The predicted molar refractivity (Wildman–Crippen MR) is 161 cm³/mol. The molecule has 39 heavy (non-hydrogen) atoms. The maximum absolute atomic E-state index is 13.5. The smallest absolute Gasteiger partial charge is 0.335 e. The Bertz CT molecular complexity index is 1490. The SMILES string of the molecule is Cc1ccc(-c2cc(C(=O)C=Cc3ccc(C(=O)O)cc3)cc(C(C)(C)C)c2N(C)Cc2ccccc2)cc1. The van der Waals surface area contributed by atoms with Crippen molar-refractivity contribution in [3.63, 3.8) is 0 Å². The van der Waals surface area contributed by atoms with Crippen LogP contribution in [0.1, 0.15) is 63.7 Å². The van der Waals surface area contributed by atoms with Gasteiger partial charge in [0.25, 0.3) is 0 Å². The molecule has 4 aromatic rings. The summed E-state index contributed by atoms with van der Waals surface area (Å²) in [5.41, 5.74) is 8.06. The van der Waals surface area contributed by atoms with Crippen LogP contribution >= 0.6 is 0 Å². The van der Waals surface area contributed by atoms with E-state index in [1.807, 2.05) is 18.2 Å². The van der Waals surface area contributed by atoms with Crippen molar-refractivity contribution in [2.75, 3.05) is 11.9 Å². The number of ketones is 1. The van der Waals surface area contributed by atoms with Crippen LogP contribution in [0.4, 0.5) is 5.69 Å². The standard InChI is InChI=1S/C35H35NO3/c1-24-11-16-27(17-12-24)30-21-29(32(37)20-15-25-13-18-28(19-14-25)34(38)39)22-31(35(2,3)4)33(30)36(5)23-26-9-7-6-8-10-26/h6-22H,23H2,1-5H3,(H,38,39). The molecule has 0 heterocycles. The van der Waals surface area contributed by atoms with Gasteiger partial charge in [0.2, 0.25) is 0 Å². The second-order valence-corrected chi connectivity index (χ2v) is 11.0. The van der Waals surface area contributed by atoms with E-state index in [9.17, 15) is 9.59 Å². The Kier molecular flexibility index (Phi) is 8.15. The van der Waals surface area contributed by atoms with Gasteiger partial charge in [0.15, 0.2) is 5.78 Å². The fraction of sp³-hybridized carbons (Fsp3) is 0.200. The number of nitrogens with zero attached hydrogens (tertiary/aromatic N) is 1. The van der Waals surface area contributed by atoms with Gasteiger partial charge in [-0.25, -0.2) is 4.79 Å². The van der Waals surface area contributed by atoms with Gasteiger partial charge in [-0.15, -0.1) is 0 Å². The molecule has 198 valence electrons. The first-order valence-electron chi connectivity index (χ1n) is 13.1. The summed E-state index contributed by atoms with van der Waals surface area (Å²) in [6, 6.07) is 29.3. The minimum absolute atomic E-state index is 0.103. The molecule has 4 heteroatoms. The quantitative estimate of drug-likeness (QED) is 0.189. The number of benzene rings is 4. The van der Waals surface area contributed by atoms with Crippen LogP contribution in [-0.2, 0) is 12.0 Å². The zero-order chi connectivity index (χ0) is 28.2. The molecular weight excluding hydrogens is 482 g/mol. The van der Waals surface area contributed by atoms with Crippen molar-refractivity contribution >= 4 is 23.5 Å². The highest BCUT2D eigenvalue weighted by Gasteiger charge is 2.25. The molecule has 1 N–H and O–H groups in total. The van der Waals surface area contributed by atoms with Crippen LogP contribution in [0.3, 0.4) is 0 Å². The number of carbonyl (C=O) groups is 2. The average molecular weight is 518 g/mol. The number of aryl methyl sites for hydroxylation is 1. The van der Waals surface area contributed by atoms with Gasteiger partial charge in [-0.1, -0.05) is 99.1 Å². The summed E-state index contributed by atoms with van der Waals surface area (Å²) < 4.78 is 0. The molecule has 0 saturated carbocycles. The van der Waals surface area contributed by atoms with E-state index >= 15 is 0 Å². The zero-order valence-corrected chi connectivity index (χ0v) is 23.2. The molecule has 4 rings (SSSR count). The normalized spacial score (nSPS) is 11.5. The number of rotatable bonds is 8. The first-order chi connectivity index (χ1) is 18.5. The molecule has 0 amide bonds. The summed E-state index contributed by atoms with van der Waals surface area (Å²) in [6.07, 6.45) is 3.29. The lowest BCUT2D eigenvalue weighted by Crippen LogP contribution is -2.24. The van der Waals surface area contributed by atoms with Crippen molar-refractivity contribution < 1.29 is 14.7 Å². The van der Waals surface area contributed by atoms with E-state index in [1.54, 1.807) is 24.3 Å². The molecule has 0 radical (unpaired) electrons. The number of carbonyl (C=O) groups excluding carboxylic acids is 1. The number of anilines is 1. The molecule has 4 nitrogen and oxygen atoms in total. The van der Waals surface area contributed by atoms with Crippen LogP contribution in [0.2, 0.25) is 0 Å². The molecule has 0 bridgehead atoms. The van der Waals surface area contributed by atoms with E-state index in [0.717, 1.165) is 34.5 Å². The monoisotopic (exact) mass is 517 g/mol. The van der Waals surface area contributed by atoms with E-state index < -0.39 is 5.97 Å². The molecule has 0 aromatic heterocycles. The third-order valence-corrected chi connectivity index (χ3v) is 6.79. The summed E-state index contributed by atoms with van der Waals surface area (Å²) in [6.45, 7) is 9.34. The number of aromatic carboxylic acids is 1. The molecule has 0 unspecified atom stereocenters. The summed E-state index contributed by atoms with van der Waals surface area (Å²) in [5, 5.41) is 9.14. The number of hydrogen-bond donors (Lipinski definition) is 1. The highest BCUT2D eigenvalue weighted by molar-refractivity contribution is 6.08. The van der Waals surface area contributed by atoms with E-state index in [0.29, 0.717) is 5.56 Å². The third kappa shape index (κ3) is 6.71. The highest BCUT2D eigenvalue weighted by atomic mass is 16.4. The molecule has 0 aliphatic carbocycles. The molecule has 0 aliphatic heterocycles. The molecule has 4 aromatic carbocycles. The molecule has 0 spiro atoms. The van der Waals surface area contributed by atoms with E-state index in [2.05, 4.69) is 88.2 Å². The van der Waals surface area contributed by atoms with Crippen molar-refractivity contribution in [3.8, 4) is 11.1 Å². The van der Waals surface area contributed by atoms with Crippen LogP contribution in [0, 0.1) is 6.92 Å². The minimum Gasteiger partial charge on any atom is -0.478 e. The Hall–Kier alpha value is -4.44. The van der Waals surface area contributed by atoms with Gasteiger partial charge in [-0.3, -0.25) is 4.79 Å².